The van der Waals surface area contributed by atoms with Gasteiger partial charge in [0.1, 0.15) is 0 Å². The first kappa shape index (κ1) is 14.1. The molecular weight excluding hydrogens is 234 g/mol. The highest BCUT2D eigenvalue weighted by atomic mass is 16.1. The Kier molecular flexibility index (Phi) is 3.98. The van der Waals surface area contributed by atoms with Crippen molar-refractivity contribution in [1.82, 2.24) is 0 Å². The van der Waals surface area contributed by atoms with Crippen molar-refractivity contribution in [3.05, 3.63) is 29.8 Å². The summed E-state index contributed by atoms with van der Waals surface area (Å²) >= 11 is 0. The lowest BCUT2D eigenvalue weighted by Crippen LogP contribution is -2.64. The molecule has 1 aliphatic carbocycles. The number of ketones is 1. The normalized spacial score (nSPS) is 19.6. The van der Waals surface area contributed by atoms with Gasteiger partial charge in [-0.1, -0.05) is 32.0 Å². The number of hydrogen-bond acceptors (Lipinski definition) is 2. The van der Waals surface area contributed by atoms with Gasteiger partial charge in [0.15, 0.2) is 5.78 Å². The van der Waals surface area contributed by atoms with E-state index in [4.69, 9.17) is 0 Å². The number of Topliss-reactive ketones (excluding diaryl/α,β-unsaturated/α-hetero) is 1. The SMILES string of the molecule is CC.CC(C)N1c2ccccc2CC(=O)C12CCC2. The summed E-state index contributed by atoms with van der Waals surface area (Å²) in [6.45, 7) is 8.38. The molecule has 0 N–H and O–H groups in total. The van der Waals surface area contributed by atoms with Crippen LogP contribution in [0.15, 0.2) is 24.3 Å². The number of hydrogen-bond donors (Lipinski definition) is 0. The van der Waals surface area contributed by atoms with E-state index in [0.29, 0.717) is 18.2 Å². The molecule has 2 nitrogen and oxygen atoms in total. The minimum Gasteiger partial charge on any atom is -0.356 e. The van der Waals surface area contributed by atoms with Gasteiger partial charge in [-0.05, 0) is 44.7 Å². The van der Waals surface area contributed by atoms with Crippen molar-refractivity contribution in [2.24, 2.45) is 0 Å². The Bertz CT molecular complexity index is 460. The van der Waals surface area contributed by atoms with Crippen molar-refractivity contribution >= 4 is 11.5 Å². The largest absolute Gasteiger partial charge is 0.356 e. The summed E-state index contributed by atoms with van der Waals surface area (Å²) in [4.78, 5) is 14.8. The van der Waals surface area contributed by atoms with Crippen LogP contribution in [0.3, 0.4) is 0 Å². The minimum atomic E-state index is -0.164. The number of carbonyl (C=O) groups excluding carboxylic acids is 1. The Labute approximate surface area is 116 Å². The van der Waals surface area contributed by atoms with E-state index in [-0.39, 0.29) is 5.54 Å². The summed E-state index contributed by atoms with van der Waals surface area (Å²) in [7, 11) is 0. The van der Waals surface area contributed by atoms with Crippen LogP contribution in [0.25, 0.3) is 0 Å². The van der Waals surface area contributed by atoms with Crippen LogP contribution in [0, 0.1) is 0 Å². The quantitative estimate of drug-likeness (QED) is 0.760. The van der Waals surface area contributed by atoms with Gasteiger partial charge in [0.05, 0.1) is 5.54 Å². The summed E-state index contributed by atoms with van der Waals surface area (Å²) in [6, 6.07) is 8.76. The van der Waals surface area contributed by atoms with E-state index in [9.17, 15) is 4.79 Å². The van der Waals surface area contributed by atoms with Gasteiger partial charge in [-0.3, -0.25) is 4.79 Å². The molecule has 2 heteroatoms. The van der Waals surface area contributed by atoms with E-state index in [0.717, 1.165) is 12.8 Å². The molecule has 3 rings (SSSR count). The molecule has 0 amide bonds. The van der Waals surface area contributed by atoms with Crippen molar-refractivity contribution < 1.29 is 4.79 Å². The molecular formula is C17H25NO. The average molecular weight is 259 g/mol. The topological polar surface area (TPSA) is 20.3 Å². The first-order chi connectivity index (χ1) is 9.15. The van der Waals surface area contributed by atoms with Gasteiger partial charge >= 0.3 is 0 Å². The lowest BCUT2D eigenvalue weighted by atomic mass is 9.68. The number of rotatable bonds is 1. The third-order valence-electron chi connectivity index (χ3n) is 4.28. The molecule has 1 aromatic carbocycles. The molecule has 0 radical (unpaired) electrons. The number of anilines is 1. The monoisotopic (exact) mass is 259 g/mol. The number of carbonyl (C=O) groups is 1. The zero-order valence-electron chi connectivity index (χ0n) is 12.6. The molecule has 1 aromatic rings. The molecule has 0 aromatic heterocycles. The van der Waals surface area contributed by atoms with Crippen molar-refractivity contribution in [2.75, 3.05) is 4.90 Å². The van der Waals surface area contributed by atoms with Gasteiger partial charge in [0, 0.05) is 18.2 Å². The fourth-order valence-corrected chi connectivity index (χ4v) is 3.40. The third kappa shape index (κ3) is 2.07. The fourth-order valence-electron chi connectivity index (χ4n) is 3.40. The van der Waals surface area contributed by atoms with E-state index in [2.05, 4.69) is 36.9 Å². The Morgan fingerprint density at radius 3 is 2.32 bits per heavy atom. The Balaban J connectivity index is 0.000000637. The van der Waals surface area contributed by atoms with Crippen LogP contribution in [-0.4, -0.2) is 17.4 Å². The highest BCUT2D eigenvalue weighted by Gasteiger charge is 2.52. The van der Waals surface area contributed by atoms with Crippen LogP contribution in [0.2, 0.25) is 0 Å². The molecule has 0 saturated heterocycles. The first-order valence-corrected chi connectivity index (χ1v) is 7.56. The second-order valence-corrected chi connectivity index (χ2v) is 5.58. The molecule has 2 aliphatic rings. The van der Waals surface area contributed by atoms with Crippen LogP contribution in [-0.2, 0) is 11.2 Å². The highest BCUT2D eigenvalue weighted by molar-refractivity contribution is 5.98. The van der Waals surface area contributed by atoms with Gasteiger partial charge < -0.3 is 4.90 Å². The second kappa shape index (κ2) is 5.36. The molecule has 1 heterocycles. The lowest BCUT2D eigenvalue weighted by molar-refractivity contribution is -0.127. The maximum absolute atomic E-state index is 12.4. The summed E-state index contributed by atoms with van der Waals surface area (Å²) in [5.41, 5.74) is 2.31. The predicted octanol–water partition coefficient (Wildman–Crippen LogP) is 3.98. The molecule has 1 saturated carbocycles. The number of nitrogens with zero attached hydrogens (tertiary/aromatic N) is 1. The summed E-state index contributed by atoms with van der Waals surface area (Å²) in [5.74, 6) is 0.427. The smallest absolute Gasteiger partial charge is 0.162 e. The minimum absolute atomic E-state index is 0.164. The van der Waals surface area contributed by atoms with Gasteiger partial charge in [0.2, 0.25) is 0 Å². The molecule has 1 aliphatic heterocycles. The van der Waals surface area contributed by atoms with Gasteiger partial charge in [-0.25, -0.2) is 0 Å². The molecule has 0 bridgehead atoms. The van der Waals surface area contributed by atoms with E-state index in [1.165, 1.54) is 17.7 Å². The van der Waals surface area contributed by atoms with Crippen molar-refractivity contribution in [3.8, 4) is 0 Å². The summed E-state index contributed by atoms with van der Waals surface area (Å²) in [5, 5.41) is 0. The average Bonchev–Trinajstić information content (AvgIpc) is 2.37. The maximum atomic E-state index is 12.4. The Hall–Kier alpha value is -1.31. The standard InChI is InChI=1S/C15H19NO.C2H6/c1-11(2)16-13-7-4-3-6-12(13)10-14(17)15(16)8-5-9-15;1-2/h3-4,6-7,11H,5,8-10H2,1-2H3;1-2H3. The van der Waals surface area contributed by atoms with Crippen LogP contribution in [0.4, 0.5) is 5.69 Å². The van der Waals surface area contributed by atoms with Gasteiger partial charge in [0.25, 0.3) is 0 Å². The highest BCUT2D eigenvalue weighted by Crippen LogP contribution is 2.47. The van der Waals surface area contributed by atoms with Crippen LogP contribution in [0.1, 0.15) is 52.5 Å². The lowest BCUT2D eigenvalue weighted by Gasteiger charge is -2.55. The molecule has 1 fully saturated rings. The summed E-state index contributed by atoms with van der Waals surface area (Å²) in [6.07, 6.45) is 3.90. The van der Waals surface area contributed by atoms with E-state index < -0.39 is 0 Å². The predicted molar refractivity (Wildman–Crippen MR) is 80.7 cm³/mol. The third-order valence-corrected chi connectivity index (χ3v) is 4.28. The fraction of sp³-hybridized carbons (Fsp3) is 0.588. The zero-order valence-corrected chi connectivity index (χ0v) is 12.6. The molecule has 1 spiro atoms. The van der Waals surface area contributed by atoms with Crippen molar-refractivity contribution in [3.63, 3.8) is 0 Å². The van der Waals surface area contributed by atoms with Crippen LogP contribution < -0.4 is 4.90 Å². The number of para-hydroxylation sites is 1. The molecule has 19 heavy (non-hydrogen) atoms. The van der Waals surface area contributed by atoms with E-state index in [1.54, 1.807) is 0 Å². The van der Waals surface area contributed by atoms with Crippen molar-refractivity contribution in [2.45, 2.75) is 65.0 Å². The molecule has 104 valence electrons. The van der Waals surface area contributed by atoms with Crippen LogP contribution in [0.5, 0.6) is 0 Å². The van der Waals surface area contributed by atoms with Gasteiger partial charge in [-0.2, -0.15) is 0 Å². The number of benzene rings is 1. The maximum Gasteiger partial charge on any atom is 0.162 e. The van der Waals surface area contributed by atoms with E-state index in [1.807, 2.05) is 19.9 Å². The van der Waals surface area contributed by atoms with Gasteiger partial charge in [-0.15, -0.1) is 0 Å². The Morgan fingerprint density at radius 2 is 1.79 bits per heavy atom. The molecule has 0 atom stereocenters. The Morgan fingerprint density at radius 1 is 1.16 bits per heavy atom. The first-order valence-electron chi connectivity index (χ1n) is 7.56. The number of fused-ring (bicyclic) bond motifs is 1. The van der Waals surface area contributed by atoms with E-state index >= 15 is 0 Å². The van der Waals surface area contributed by atoms with Crippen LogP contribution >= 0.6 is 0 Å². The zero-order chi connectivity index (χ0) is 14.0. The molecule has 0 unspecified atom stereocenters. The second-order valence-electron chi connectivity index (χ2n) is 5.58. The summed E-state index contributed by atoms with van der Waals surface area (Å²) < 4.78 is 0. The van der Waals surface area contributed by atoms with Crippen molar-refractivity contribution in [1.29, 1.82) is 0 Å².